The molecule has 15 heavy (non-hydrogen) atoms. The van der Waals surface area contributed by atoms with Crippen LogP contribution in [0.2, 0.25) is 0 Å². The van der Waals surface area contributed by atoms with Crippen LogP contribution in [0.25, 0.3) is 6.20 Å². The molecule has 0 aromatic carbocycles. The quantitative estimate of drug-likeness (QED) is 0.520. The Bertz CT molecular complexity index is 307. The Labute approximate surface area is 90.2 Å². The van der Waals surface area contributed by atoms with Crippen molar-refractivity contribution in [3.63, 3.8) is 0 Å². The van der Waals surface area contributed by atoms with Gasteiger partial charge in [0, 0.05) is 24.5 Å². The lowest BCUT2D eigenvalue weighted by Gasteiger charge is -2.02. The lowest BCUT2D eigenvalue weighted by Crippen LogP contribution is -2.15. The smallest absolute Gasteiger partial charge is 0.0885 e. The fourth-order valence-corrected chi connectivity index (χ4v) is 1.17. The van der Waals surface area contributed by atoms with Crippen LogP contribution in [-0.2, 0) is 11.3 Å². The predicted molar refractivity (Wildman–Crippen MR) is 61.1 cm³/mol. The van der Waals surface area contributed by atoms with Gasteiger partial charge >= 0.3 is 0 Å². The van der Waals surface area contributed by atoms with Gasteiger partial charge < -0.3 is 10.1 Å². The minimum absolute atomic E-state index is 0.711. The normalized spacial score (nSPS) is 9.87. The highest BCUT2D eigenvalue weighted by Crippen LogP contribution is 1.96. The first kappa shape index (κ1) is 11.5. The minimum Gasteiger partial charge on any atom is -0.502 e. The second kappa shape index (κ2) is 6.84. The number of aromatic nitrogens is 2. The number of hydrogen-bond acceptors (Lipinski definition) is 3. The zero-order valence-corrected chi connectivity index (χ0v) is 8.85. The molecule has 0 saturated heterocycles. The standard InChI is InChI=1S/C11H17N3O/c1-3-14-10-11(9-13-14)8-12-6-5-7-15-4-2/h3-4,9-10,12H,1-2,5-8H2. The second-order valence-corrected chi connectivity index (χ2v) is 3.08. The monoisotopic (exact) mass is 207 g/mol. The Morgan fingerprint density at radius 1 is 1.53 bits per heavy atom. The Morgan fingerprint density at radius 2 is 2.40 bits per heavy atom. The van der Waals surface area contributed by atoms with Gasteiger partial charge in [0.05, 0.1) is 19.1 Å². The van der Waals surface area contributed by atoms with Crippen LogP contribution in [0.15, 0.2) is 31.8 Å². The van der Waals surface area contributed by atoms with Crippen LogP contribution < -0.4 is 5.32 Å². The minimum atomic E-state index is 0.711. The summed E-state index contributed by atoms with van der Waals surface area (Å²) >= 11 is 0. The van der Waals surface area contributed by atoms with Gasteiger partial charge in [-0.3, -0.25) is 0 Å². The van der Waals surface area contributed by atoms with Crippen molar-refractivity contribution in [1.29, 1.82) is 0 Å². The van der Waals surface area contributed by atoms with E-state index in [1.807, 2.05) is 12.4 Å². The maximum atomic E-state index is 5.00. The van der Waals surface area contributed by atoms with Crippen molar-refractivity contribution in [3.05, 3.63) is 37.4 Å². The van der Waals surface area contributed by atoms with E-state index < -0.39 is 0 Å². The number of nitrogens with zero attached hydrogens (tertiary/aromatic N) is 2. The van der Waals surface area contributed by atoms with E-state index in [0.717, 1.165) is 25.1 Å². The highest BCUT2D eigenvalue weighted by Gasteiger charge is 1.95. The largest absolute Gasteiger partial charge is 0.502 e. The molecule has 1 aromatic heterocycles. The Balaban J connectivity index is 2.09. The maximum Gasteiger partial charge on any atom is 0.0885 e. The summed E-state index contributed by atoms with van der Waals surface area (Å²) < 4.78 is 6.69. The molecular formula is C11H17N3O. The highest BCUT2D eigenvalue weighted by molar-refractivity contribution is 5.17. The van der Waals surface area contributed by atoms with Crippen molar-refractivity contribution in [2.24, 2.45) is 0 Å². The fraction of sp³-hybridized carbons (Fsp3) is 0.364. The highest BCUT2D eigenvalue weighted by atomic mass is 16.5. The van der Waals surface area contributed by atoms with E-state index in [1.54, 1.807) is 10.9 Å². The maximum absolute atomic E-state index is 5.00. The summed E-state index contributed by atoms with van der Waals surface area (Å²) in [5.74, 6) is 0. The average Bonchev–Trinajstić information content (AvgIpc) is 2.71. The molecule has 4 heteroatoms. The fourth-order valence-electron chi connectivity index (χ4n) is 1.17. The van der Waals surface area contributed by atoms with Gasteiger partial charge in [-0.25, -0.2) is 4.68 Å². The third-order valence-corrected chi connectivity index (χ3v) is 1.90. The molecule has 0 bridgehead atoms. The Kier molecular flexibility index (Phi) is 5.25. The first-order valence-corrected chi connectivity index (χ1v) is 4.95. The van der Waals surface area contributed by atoms with E-state index in [-0.39, 0.29) is 0 Å². The van der Waals surface area contributed by atoms with Crippen molar-refractivity contribution in [2.45, 2.75) is 13.0 Å². The predicted octanol–water partition coefficient (Wildman–Crippen LogP) is 1.62. The van der Waals surface area contributed by atoms with Crippen molar-refractivity contribution >= 4 is 6.20 Å². The van der Waals surface area contributed by atoms with Gasteiger partial charge in [0.25, 0.3) is 0 Å². The van der Waals surface area contributed by atoms with Gasteiger partial charge in [0.1, 0.15) is 0 Å². The van der Waals surface area contributed by atoms with Gasteiger partial charge in [-0.05, 0) is 13.0 Å². The van der Waals surface area contributed by atoms with E-state index in [4.69, 9.17) is 4.74 Å². The first-order chi connectivity index (χ1) is 7.36. The molecule has 1 N–H and O–H groups in total. The molecule has 4 nitrogen and oxygen atoms in total. The Hall–Kier alpha value is -1.55. The second-order valence-electron chi connectivity index (χ2n) is 3.08. The van der Waals surface area contributed by atoms with Crippen LogP contribution >= 0.6 is 0 Å². The summed E-state index contributed by atoms with van der Waals surface area (Å²) in [6, 6.07) is 0. The zero-order chi connectivity index (χ0) is 10.9. The lowest BCUT2D eigenvalue weighted by atomic mass is 10.3. The van der Waals surface area contributed by atoms with Crippen LogP contribution in [0.1, 0.15) is 12.0 Å². The molecule has 1 rings (SSSR count). The molecule has 1 heterocycles. The molecule has 0 aliphatic heterocycles. The molecule has 0 spiro atoms. The van der Waals surface area contributed by atoms with Crippen molar-refractivity contribution < 1.29 is 4.74 Å². The van der Waals surface area contributed by atoms with Gasteiger partial charge in [0.15, 0.2) is 0 Å². The molecule has 0 unspecified atom stereocenters. The molecular weight excluding hydrogens is 190 g/mol. The summed E-state index contributed by atoms with van der Waals surface area (Å²) in [4.78, 5) is 0. The summed E-state index contributed by atoms with van der Waals surface area (Å²) in [7, 11) is 0. The molecule has 82 valence electrons. The van der Waals surface area contributed by atoms with E-state index in [1.165, 1.54) is 6.26 Å². The molecule has 0 aliphatic carbocycles. The van der Waals surface area contributed by atoms with Crippen LogP contribution in [-0.4, -0.2) is 22.9 Å². The number of nitrogens with one attached hydrogen (secondary N) is 1. The average molecular weight is 207 g/mol. The van der Waals surface area contributed by atoms with E-state index >= 15 is 0 Å². The Morgan fingerprint density at radius 3 is 3.07 bits per heavy atom. The number of rotatable bonds is 8. The van der Waals surface area contributed by atoms with E-state index in [2.05, 4.69) is 23.6 Å². The molecule has 0 amide bonds. The van der Waals surface area contributed by atoms with Gasteiger partial charge in [-0.2, -0.15) is 5.10 Å². The summed E-state index contributed by atoms with van der Waals surface area (Å²) in [6.45, 7) is 9.56. The summed E-state index contributed by atoms with van der Waals surface area (Å²) in [5.41, 5.74) is 1.15. The van der Waals surface area contributed by atoms with Crippen LogP contribution in [0.5, 0.6) is 0 Å². The van der Waals surface area contributed by atoms with Crippen LogP contribution in [0, 0.1) is 0 Å². The zero-order valence-electron chi connectivity index (χ0n) is 8.85. The van der Waals surface area contributed by atoms with Crippen molar-refractivity contribution in [3.8, 4) is 0 Å². The number of ether oxygens (including phenoxy) is 1. The van der Waals surface area contributed by atoms with Crippen molar-refractivity contribution in [2.75, 3.05) is 13.2 Å². The van der Waals surface area contributed by atoms with Crippen LogP contribution in [0.4, 0.5) is 0 Å². The number of hydrogen-bond donors (Lipinski definition) is 1. The molecule has 0 atom stereocenters. The molecule has 0 fully saturated rings. The SMILES string of the molecule is C=COCCCNCc1cnn(C=C)c1. The first-order valence-electron chi connectivity index (χ1n) is 4.95. The van der Waals surface area contributed by atoms with Gasteiger partial charge in [-0.15, -0.1) is 0 Å². The topological polar surface area (TPSA) is 39.1 Å². The molecule has 0 aliphatic rings. The molecule has 0 radical (unpaired) electrons. The molecule has 0 saturated carbocycles. The lowest BCUT2D eigenvalue weighted by molar-refractivity contribution is 0.244. The van der Waals surface area contributed by atoms with Gasteiger partial charge in [-0.1, -0.05) is 13.2 Å². The molecule has 1 aromatic rings. The third kappa shape index (κ3) is 4.46. The third-order valence-electron chi connectivity index (χ3n) is 1.90. The van der Waals surface area contributed by atoms with E-state index in [9.17, 15) is 0 Å². The van der Waals surface area contributed by atoms with Crippen LogP contribution in [0.3, 0.4) is 0 Å². The summed E-state index contributed by atoms with van der Waals surface area (Å²) in [5, 5.41) is 7.38. The summed E-state index contributed by atoms with van der Waals surface area (Å²) in [6.07, 6.45) is 7.88. The van der Waals surface area contributed by atoms with Crippen molar-refractivity contribution in [1.82, 2.24) is 15.1 Å². The van der Waals surface area contributed by atoms with E-state index in [0.29, 0.717) is 6.61 Å². The van der Waals surface area contributed by atoms with Gasteiger partial charge in [0.2, 0.25) is 0 Å².